The van der Waals surface area contributed by atoms with Crippen LogP contribution in [0.15, 0.2) is 47.1 Å². The van der Waals surface area contributed by atoms with Crippen molar-refractivity contribution in [3.8, 4) is 5.75 Å². The molecular formula is C16H16N2O4S. The van der Waals surface area contributed by atoms with Gasteiger partial charge in [-0.1, -0.05) is 12.1 Å². The van der Waals surface area contributed by atoms with E-state index in [4.69, 9.17) is 26.1 Å². The summed E-state index contributed by atoms with van der Waals surface area (Å²) in [4.78, 5) is 13.7. The number of nitrogens with one attached hydrogen (secondary N) is 1. The second-order valence-electron chi connectivity index (χ2n) is 4.95. The predicted molar refractivity (Wildman–Crippen MR) is 88.4 cm³/mol. The molecule has 1 N–H and O–H groups in total. The van der Waals surface area contributed by atoms with Crippen LogP contribution in [0.2, 0.25) is 0 Å². The molecule has 7 heteroatoms. The second kappa shape index (κ2) is 6.70. The third kappa shape index (κ3) is 3.29. The van der Waals surface area contributed by atoms with Crippen molar-refractivity contribution in [2.45, 2.75) is 12.6 Å². The lowest BCUT2D eigenvalue weighted by molar-refractivity contribution is -0.148. The van der Waals surface area contributed by atoms with E-state index in [1.807, 2.05) is 35.2 Å². The Balaban J connectivity index is 1.78. The fourth-order valence-electron chi connectivity index (χ4n) is 2.35. The number of carbonyl (C=O) groups excluding carboxylic acids is 1. The van der Waals surface area contributed by atoms with E-state index >= 15 is 0 Å². The zero-order valence-electron chi connectivity index (χ0n) is 12.5. The summed E-state index contributed by atoms with van der Waals surface area (Å²) >= 11 is 5.46. The number of ether oxygens (including phenoxy) is 2. The maximum absolute atomic E-state index is 11.8. The molecule has 120 valence electrons. The molecule has 6 nitrogen and oxygen atoms in total. The molecule has 0 fully saturated rings. The number of furan rings is 1. The number of thiocarbonyl (C=S) groups is 1. The fourth-order valence-corrected chi connectivity index (χ4v) is 2.60. The second-order valence-corrected chi connectivity index (χ2v) is 5.33. The van der Waals surface area contributed by atoms with Crippen LogP contribution in [0.3, 0.4) is 0 Å². The van der Waals surface area contributed by atoms with Gasteiger partial charge in [-0.25, -0.2) is 4.79 Å². The number of methoxy groups -OCH3 is 1. The Kier molecular flexibility index (Phi) is 4.47. The zero-order chi connectivity index (χ0) is 16.2. The van der Waals surface area contributed by atoms with Gasteiger partial charge in [-0.2, -0.15) is 0 Å². The summed E-state index contributed by atoms with van der Waals surface area (Å²) in [5, 5.41) is 3.62. The molecule has 0 saturated heterocycles. The van der Waals surface area contributed by atoms with Gasteiger partial charge < -0.3 is 24.1 Å². The Labute approximate surface area is 139 Å². The van der Waals surface area contributed by atoms with Gasteiger partial charge in [0.1, 0.15) is 11.5 Å². The standard InChI is InChI=1S/C16H16N2O4S/c1-20-15(19)14-10-18(12-6-2-3-7-13(12)22-14)16(23)17-9-11-5-4-8-21-11/h2-8,14H,9-10H2,1H3,(H,17,23)/t14-/m0/s1. The normalized spacial score (nSPS) is 16.2. The molecule has 0 spiro atoms. The Hall–Kier alpha value is -2.54. The van der Waals surface area contributed by atoms with E-state index in [-0.39, 0.29) is 6.54 Å². The summed E-state index contributed by atoms with van der Waals surface area (Å²) in [6.07, 6.45) is 0.885. The third-order valence-corrected chi connectivity index (χ3v) is 3.84. The Morgan fingerprint density at radius 2 is 2.22 bits per heavy atom. The quantitative estimate of drug-likeness (QED) is 0.682. The number of hydrogen-bond donors (Lipinski definition) is 1. The first-order chi connectivity index (χ1) is 11.2. The number of benzene rings is 1. The van der Waals surface area contributed by atoms with E-state index in [0.717, 1.165) is 11.4 Å². The van der Waals surface area contributed by atoms with Crippen molar-refractivity contribution in [2.75, 3.05) is 18.6 Å². The van der Waals surface area contributed by atoms with Crippen molar-refractivity contribution in [3.05, 3.63) is 48.4 Å². The number of nitrogens with zero attached hydrogens (tertiary/aromatic N) is 1. The van der Waals surface area contributed by atoms with E-state index in [1.54, 1.807) is 12.3 Å². The van der Waals surface area contributed by atoms with Crippen molar-refractivity contribution in [1.82, 2.24) is 5.32 Å². The molecular weight excluding hydrogens is 316 g/mol. The van der Waals surface area contributed by atoms with Crippen LogP contribution in [-0.2, 0) is 16.1 Å². The van der Waals surface area contributed by atoms with E-state index in [9.17, 15) is 4.79 Å². The van der Waals surface area contributed by atoms with Gasteiger partial charge in [0, 0.05) is 0 Å². The molecule has 1 aliphatic heterocycles. The van der Waals surface area contributed by atoms with E-state index in [1.165, 1.54) is 7.11 Å². The van der Waals surface area contributed by atoms with Gasteiger partial charge in [0.2, 0.25) is 6.10 Å². The number of rotatable bonds is 3. The van der Waals surface area contributed by atoms with Gasteiger partial charge in [-0.3, -0.25) is 0 Å². The van der Waals surface area contributed by atoms with Gasteiger partial charge in [0.15, 0.2) is 5.11 Å². The number of hydrogen-bond acceptors (Lipinski definition) is 5. The predicted octanol–water partition coefficient (Wildman–Crippen LogP) is 2.09. The summed E-state index contributed by atoms with van der Waals surface area (Å²) in [5.41, 5.74) is 0.810. The molecule has 0 saturated carbocycles. The van der Waals surface area contributed by atoms with Crippen LogP contribution < -0.4 is 15.0 Å². The smallest absolute Gasteiger partial charge is 0.348 e. The highest BCUT2D eigenvalue weighted by Crippen LogP contribution is 2.33. The highest BCUT2D eigenvalue weighted by atomic mass is 32.1. The van der Waals surface area contributed by atoms with Crippen LogP contribution >= 0.6 is 12.2 Å². The minimum atomic E-state index is -0.724. The van der Waals surface area contributed by atoms with Crippen molar-refractivity contribution >= 4 is 29.0 Å². The molecule has 1 aliphatic rings. The van der Waals surface area contributed by atoms with Crippen LogP contribution in [-0.4, -0.2) is 30.8 Å². The summed E-state index contributed by atoms with van der Waals surface area (Å²) in [6.45, 7) is 0.752. The molecule has 1 aromatic heterocycles. The minimum absolute atomic E-state index is 0.285. The topological polar surface area (TPSA) is 63.9 Å². The average molecular weight is 332 g/mol. The molecule has 0 aliphatic carbocycles. The maximum atomic E-state index is 11.8. The van der Waals surface area contributed by atoms with E-state index in [2.05, 4.69) is 5.32 Å². The number of carbonyl (C=O) groups is 1. The molecule has 23 heavy (non-hydrogen) atoms. The highest BCUT2D eigenvalue weighted by molar-refractivity contribution is 7.80. The number of fused-ring (bicyclic) bond motifs is 1. The Morgan fingerprint density at radius 3 is 2.96 bits per heavy atom. The molecule has 1 aromatic carbocycles. The van der Waals surface area contributed by atoms with Crippen LogP contribution in [0.25, 0.3) is 0 Å². The number of anilines is 1. The van der Waals surface area contributed by atoms with E-state index in [0.29, 0.717) is 17.4 Å². The number of esters is 1. The molecule has 0 unspecified atom stereocenters. The van der Waals surface area contributed by atoms with E-state index < -0.39 is 12.1 Å². The molecule has 2 heterocycles. The average Bonchev–Trinajstić information content (AvgIpc) is 3.11. The third-order valence-electron chi connectivity index (χ3n) is 3.48. The molecule has 3 rings (SSSR count). The summed E-state index contributed by atoms with van der Waals surface area (Å²) in [5.74, 6) is 0.938. The van der Waals surface area contributed by atoms with Crippen molar-refractivity contribution < 1.29 is 18.7 Å². The molecule has 1 atom stereocenters. The fraction of sp³-hybridized carbons (Fsp3) is 0.250. The molecule has 2 aromatic rings. The molecule has 0 amide bonds. The van der Waals surface area contributed by atoms with Gasteiger partial charge in [0.05, 0.1) is 32.1 Å². The van der Waals surface area contributed by atoms with Gasteiger partial charge in [-0.05, 0) is 36.5 Å². The first-order valence-electron chi connectivity index (χ1n) is 7.10. The SMILES string of the molecule is COC(=O)[C@@H]1CN(C(=S)NCc2ccco2)c2ccccc2O1. The van der Waals surface area contributed by atoms with Crippen LogP contribution in [0, 0.1) is 0 Å². The lowest BCUT2D eigenvalue weighted by Crippen LogP contribution is -2.50. The summed E-state index contributed by atoms with van der Waals surface area (Å²) < 4.78 is 15.8. The lowest BCUT2D eigenvalue weighted by atomic mass is 10.2. The summed E-state index contributed by atoms with van der Waals surface area (Å²) in [7, 11) is 1.34. The van der Waals surface area contributed by atoms with Crippen molar-refractivity contribution in [2.24, 2.45) is 0 Å². The first kappa shape index (κ1) is 15.4. The highest BCUT2D eigenvalue weighted by Gasteiger charge is 2.33. The van der Waals surface area contributed by atoms with Crippen LogP contribution in [0.1, 0.15) is 5.76 Å². The van der Waals surface area contributed by atoms with Crippen LogP contribution in [0.5, 0.6) is 5.75 Å². The Morgan fingerprint density at radius 1 is 1.39 bits per heavy atom. The van der Waals surface area contributed by atoms with Gasteiger partial charge >= 0.3 is 5.97 Å². The first-order valence-corrected chi connectivity index (χ1v) is 7.51. The van der Waals surface area contributed by atoms with Crippen molar-refractivity contribution in [3.63, 3.8) is 0 Å². The van der Waals surface area contributed by atoms with Gasteiger partial charge in [-0.15, -0.1) is 0 Å². The van der Waals surface area contributed by atoms with Crippen molar-refractivity contribution in [1.29, 1.82) is 0 Å². The largest absolute Gasteiger partial charge is 0.475 e. The lowest BCUT2D eigenvalue weighted by Gasteiger charge is -2.35. The van der Waals surface area contributed by atoms with Crippen LogP contribution in [0.4, 0.5) is 5.69 Å². The minimum Gasteiger partial charge on any atom is -0.475 e. The zero-order valence-corrected chi connectivity index (χ0v) is 13.3. The Bertz CT molecular complexity index is 702. The molecule has 0 radical (unpaired) electrons. The number of para-hydroxylation sites is 2. The maximum Gasteiger partial charge on any atom is 0.348 e. The summed E-state index contributed by atoms with van der Waals surface area (Å²) in [6, 6.07) is 11.1. The monoisotopic (exact) mass is 332 g/mol. The van der Waals surface area contributed by atoms with Gasteiger partial charge in [0.25, 0.3) is 0 Å². The molecule has 0 bridgehead atoms.